The Bertz CT molecular complexity index is 2630. The Kier molecular flexibility index (Phi) is 19.3. The standard InChI is InChI=1S/2C26H22Cl2O4/c2*27-23-12-5-13-24(28)22(23)17-32-26-20(10-4-11-21(26)16-29)9-3-8-18-6-1-2-7-19(18)14-15-25(30)31/h1-7,9-15,29H,8,16-17H2,(H,30,31);1-8,10-15,29H,9,16-17H2,(H,30,31)/b9-3+,15-14+;8-3+,15-14+. The van der Waals surface area contributed by atoms with E-state index in [1.807, 2.05) is 103 Å². The largest absolute Gasteiger partial charge is 0.488 e. The lowest BCUT2D eigenvalue weighted by molar-refractivity contribution is -0.132. The second-order valence-electron chi connectivity index (χ2n) is 13.9. The van der Waals surface area contributed by atoms with Crippen LogP contribution < -0.4 is 9.47 Å². The van der Waals surface area contributed by atoms with Crippen molar-refractivity contribution in [3.8, 4) is 11.5 Å². The fourth-order valence-electron chi connectivity index (χ4n) is 6.42. The first-order valence-electron chi connectivity index (χ1n) is 19.9. The monoisotopic (exact) mass is 936 g/mol. The van der Waals surface area contributed by atoms with Gasteiger partial charge in [0.2, 0.25) is 0 Å². The van der Waals surface area contributed by atoms with Gasteiger partial charge in [-0.3, -0.25) is 0 Å². The summed E-state index contributed by atoms with van der Waals surface area (Å²) in [7, 11) is 0. The van der Waals surface area contributed by atoms with Crippen molar-refractivity contribution in [3.05, 3.63) is 221 Å². The molecule has 0 saturated carbocycles. The summed E-state index contributed by atoms with van der Waals surface area (Å²) >= 11 is 25.0. The van der Waals surface area contributed by atoms with Crippen molar-refractivity contribution in [2.24, 2.45) is 0 Å². The number of allylic oxidation sites excluding steroid dienone is 2. The average molecular weight is 939 g/mol. The van der Waals surface area contributed by atoms with E-state index in [4.69, 9.17) is 66.1 Å². The van der Waals surface area contributed by atoms with Crippen LogP contribution in [0.15, 0.2) is 146 Å². The van der Waals surface area contributed by atoms with Crippen molar-refractivity contribution < 1.29 is 39.5 Å². The summed E-state index contributed by atoms with van der Waals surface area (Å²) < 4.78 is 12.1. The molecular formula is C52H44Cl4O8. The Labute approximate surface area is 392 Å². The van der Waals surface area contributed by atoms with E-state index in [-0.39, 0.29) is 26.4 Å². The Morgan fingerprint density at radius 2 is 0.812 bits per heavy atom. The normalized spacial score (nSPS) is 11.3. The summed E-state index contributed by atoms with van der Waals surface area (Å²) in [4.78, 5) is 21.7. The van der Waals surface area contributed by atoms with E-state index in [1.165, 1.54) is 0 Å². The third kappa shape index (κ3) is 14.5. The molecule has 0 aliphatic heterocycles. The van der Waals surface area contributed by atoms with Gasteiger partial charge in [-0.15, -0.1) is 0 Å². The summed E-state index contributed by atoms with van der Waals surface area (Å²) in [6, 6.07) is 36.8. The van der Waals surface area contributed by atoms with Crippen LogP contribution in [0.25, 0.3) is 24.3 Å². The molecule has 4 N–H and O–H groups in total. The smallest absolute Gasteiger partial charge is 0.328 e. The number of halogens is 4. The zero-order chi connectivity index (χ0) is 45.8. The number of aliphatic hydroxyl groups excluding tert-OH is 2. The number of rotatable bonds is 18. The molecule has 6 aromatic carbocycles. The van der Waals surface area contributed by atoms with Gasteiger partial charge in [-0.25, -0.2) is 9.59 Å². The van der Waals surface area contributed by atoms with E-state index < -0.39 is 11.9 Å². The van der Waals surface area contributed by atoms with Crippen LogP contribution >= 0.6 is 46.4 Å². The molecule has 0 heterocycles. The van der Waals surface area contributed by atoms with Gasteiger partial charge in [0.25, 0.3) is 0 Å². The minimum absolute atomic E-state index is 0.161. The van der Waals surface area contributed by atoms with Crippen molar-refractivity contribution in [3.63, 3.8) is 0 Å². The number of aliphatic carboxylic acids is 2. The molecule has 0 radical (unpaired) electrons. The van der Waals surface area contributed by atoms with Crippen LogP contribution in [0.2, 0.25) is 20.1 Å². The van der Waals surface area contributed by atoms with E-state index in [1.54, 1.807) is 54.6 Å². The third-order valence-corrected chi connectivity index (χ3v) is 11.0. The summed E-state index contributed by atoms with van der Waals surface area (Å²) in [5, 5.41) is 39.4. The van der Waals surface area contributed by atoms with Crippen molar-refractivity contribution >= 4 is 82.6 Å². The minimum Gasteiger partial charge on any atom is -0.488 e. The molecule has 0 bridgehead atoms. The number of hydrogen-bond acceptors (Lipinski definition) is 6. The molecule has 0 atom stereocenters. The second-order valence-corrected chi connectivity index (χ2v) is 15.5. The molecule has 6 rings (SSSR count). The molecule has 0 spiro atoms. The first kappa shape index (κ1) is 48.9. The molecule has 12 heteroatoms. The van der Waals surface area contributed by atoms with Crippen LogP contribution in [0, 0.1) is 0 Å². The highest BCUT2D eigenvalue weighted by Crippen LogP contribution is 2.32. The molecule has 8 nitrogen and oxygen atoms in total. The van der Waals surface area contributed by atoms with Gasteiger partial charge >= 0.3 is 11.9 Å². The van der Waals surface area contributed by atoms with Crippen LogP contribution in [0.3, 0.4) is 0 Å². The Morgan fingerprint density at radius 1 is 0.438 bits per heavy atom. The van der Waals surface area contributed by atoms with E-state index in [0.717, 1.165) is 45.5 Å². The molecule has 0 saturated heterocycles. The van der Waals surface area contributed by atoms with Gasteiger partial charge in [0.15, 0.2) is 0 Å². The quantitative estimate of drug-likeness (QED) is 0.0626. The van der Waals surface area contributed by atoms with Gasteiger partial charge in [-0.05, 0) is 77.1 Å². The van der Waals surface area contributed by atoms with Crippen molar-refractivity contribution in [1.82, 2.24) is 0 Å². The zero-order valence-corrected chi connectivity index (χ0v) is 37.4. The topological polar surface area (TPSA) is 134 Å². The van der Waals surface area contributed by atoms with E-state index in [2.05, 4.69) is 0 Å². The number of carboxylic acids is 2. The van der Waals surface area contributed by atoms with Gasteiger partial charge in [-0.1, -0.05) is 168 Å². The Morgan fingerprint density at radius 3 is 1.36 bits per heavy atom. The van der Waals surface area contributed by atoms with Gasteiger partial charge in [0, 0.05) is 60.1 Å². The average Bonchev–Trinajstić information content (AvgIpc) is 3.28. The lowest BCUT2D eigenvalue weighted by Crippen LogP contribution is -2.03. The molecule has 0 aromatic heterocycles. The fourth-order valence-corrected chi connectivity index (χ4v) is 7.43. The van der Waals surface area contributed by atoms with Crippen molar-refractivity contribution in [1.29, 1.82) is 0 Å². The maximum Gasteiger partial charge on any atom is 0.328 e. The molecular weight excluding hydrogens is 894 g/mol. The second kappa shape index (κ2) is 25.3. The van der Waals surface area contributed by atoms with E-state index >= 15 is 0 Å². The number of benzene rings is 6. The molecule has 328 valence electrons. The fraction of sp³-hybridized carbons (Fsp3) is 0.115. The summed E-state index contributed by atoms with van der Waals surface area (Å²) in [6.45, 7) is 0.0102. The van der Waals surface area contributed by atoms with Gasteiger partial charge in [0.1, 0.15) is 24.7 Å². The number of ether oxygens (including phenoxy) is 2. The molecule has 6 aromatic rings. The lowest BCUT2D eigenvalue weighted by atomic mass is 10.0. The van der Waals surface area contributed by atoms with Gasteiger partial charge in [-0.2, -0.15) is 0 Å². The van der Waals surface area contributed by atoms with Gasteiger partial charge < -0.3 is 29.9 Å². The van der Waals surface area contributed by atoms with Crippen molar-refractivity contribution in [2.75, 3.05) is 0 Å². The number of aliphatic hydroxyl groups is 2. The Balaban J connectivity index is 0.000000241. The van der Waals surface area contributed by atoms with Crippen LogP contribution in [-0.4, -0.2) is 32.4 Å². The first-order valence-corrected chi connectivity index (χ1v) is 21.4. The maximum atomic E-state index is 10.8. The predicted molar refractivity (Wildman–Crippen MR) is 258 cm³/mol. The summed E-state index contributed by atoms with van der Waals surface area (Å²) in [5.41, 5.74) is 7.92. The molecule has 0 aliphatic rings. The Hall–Kier alpha value is -6.10. The predicted octanol–water partition coefficient (Wildman–Crippen LogP) is 12.8. The van der Waals surface area contributed by atoms with Gasteiger partial charge in [0.05, 0.1) is 13.2 Å². The molecule has 0 amide bonds. The first-order chi connectivity index (χ1) is 31.0. The van der Waals surface area contributed by atoms with E-state index in [0.29, 0.717) is 66.7 Å². The molecule has 0 unspecified atom stereocenters. The van der Waals surface area contributed by atoms with Crippen LogP contribution in [0.5, 0.6) is 11.5 Å². The zero-order valence-electron chi connectivity index (χ0n) is 34.3. The van der Waals surface area contributed by atoms with E-state index in [9.17, 15) is 19.8 Å². The highest BCUT2D eigenvalue weighted by Gasteiger charge is 2.14. The molecule has 0 fully saturated rings. The van der Waals surface area contributed by atoms with Crippen molar-refractivity contribution in [2.45, 2.75) is 39.3 Å². The lowest BCUT2D eigenvalue weighted by Gasteiger charge is -2.15. The summed E-state index contributed by atoms with van der Waals surface area (Å²) in [6.07, 6.45) is 14.3. The number of para-hydroxylation sites is 2. The van der Waals surface area contributed by atoms with Crippen LogP contribution in [-0.2, 0) is 48.9 Å². The third-order valence-electron chi connectivity index (χ3n) is 9.62. The van der Waals surface area contributed by atoms with Crippen LogP contribution in [0.4, 0.5) is 0 Å². The highest BCUT2D eigenvalue weighted by atomic mass is 35.5. The molecule has 0 aliphatic carbocycles. The summed E-state index contributed by atoms with van der Waals surface area (Å²) in [5.74, 6) is -0.836. The SMILES string of the molecule is O=C(O)/C=C/c1ccccc1/C=C/Cc1cccc(CO)c1OCc1c(Cl)cccc1Cl.O=C(O)/C=C/c1ccccc1C/C=C/c1cccc(CO)c1OCc1c(Cl)cccc1Cl. The number of carbonyl (C=O) groups is 2. The molecule has 64 heavy (non-hydrogen) atoms. The number of carboxylic acid groups (broad SMARTS) is 2. The maximum absolute atomic E-state index is 10.8. The minimum atomic E-state index is -0.995. The number of hydrogen-bond donors (Lipinski definition) is 4. The van der Waals surface area contributed by atoms with Crippen LogP contribution in [0.1, 0.15) is 55.6 Å². The highest BCUT2D eigenvalue weighted by molar-refractivity contribution is 6.36.